The lowest BCUT2D eigenvalue weighted by atomic mass is 10.1. The molecule has 0 spiro atoms. The Morgan fingerprint density at radius 3 is 2.25 bits per heavy atom. The molecule has 1 aliphatic rings. The molecule has 70 valence electrons. The normalized spacial score (nSPS) is 34.7. The van der Waals surface area contributed by atoms with Crippen molar-refractivity contribution in [2.45, 2.75) is 11.7 Å². The summed E-state index contributed by atoms with van der Waals surface area (Å²) in [6.07, 6.45) is 1.01. The average Bonchev–Trinajstić information content (AvgIpc) is 2.60. The van der Waals surface area contributed by atoms with Gasteiger partial charge in [-0.05, 0) is 6.42 Å². The number of aliphatic carboxylic acids is 1. The van der Waals surface area contributed by atoms with Crippen LogP contribution >= 0.6 is 0 Å². The number of rotatable bonds is 3. The summed E-state index contributed by atoms with van der Waals surface area (Å²) >= 11 is 0. The van der Waals surface area contributed by atoms with Crippen molar-refractivity contribution in [1.29, 1.82) is 0 Å². The highest BCUT2D eigenvalue weighted by Gasteiger charge is 2.65. The Morgan fingerprint density at radius 1 is 1.67 bits per heavy atom. The summed E-state index contributed by atoms with van der Waals surface area (Å²) in [5, 5.41) is 16.4. The van der Waals surface area contributed by atoms with Crippen LogP contribution in [0.4, 0.5) is 0 Å². The van der Waals surface area contributed by atoms with E-state index >= 15 is 0 Å². The van der Waals surface area contributed by atoms with E-state index < -0.39 is 33.1 Å². The van der Waals surface area contributed by atoms with Crippen LogP contribution in [0.5, 0.6) is 0 Å². The van der Waals surface area contributed by atoms with Crippen molar-refractivity contribution >= 4 is 15.8 Å². The molecule has 0 aromatic carbocycles. The molecule has 2 atom stereocenters. The summed E-state index contributed by atoms with van der Waals surface area (Å²) in [6.45, 7) is -0.611. The lowest BCUT2D eigenvalue weighted by Gasteiger charge is -2.05. The molecule has 1 fully saturated rings. The van der Waals surface area contributed by atoms with E-state index in [1.165, 1.54) is 0 Å². The van der Waals surface area contributed by atoms with Gasteiger partial charge < -0.3 is 10.2 Å². The van der Waals surface area contributed by atoms with Gasteiger partial charge in [-0.25, -0.2) is 8.42 Å². The molecular formula is C6H10O5S. The van der Waals surface area contributed by atoms with Crippen molar-refractivity contribution in [3.8, 4) is 0 Å². The highest BCUT2D eigenvalue weighted by molar-refractivity contribution is 7.91. The maximum atomic E-state index is 10.9. The molecule has 0 amide bonds. The fourth-order valence-electron chi connectivity index (χ4n) is 1.29. The lowest BCUT2D eigenvalue weighted by molar-refractivity contribution is -0.144. The molecule has 0 heterocycles. The van der Waals surface area contributed by atoms with E-state index in [9.17, 15) is 13.2 Å². The van der Waals surface area contributed by atoms with Crippen molar-refractivity contribution in [2.75, 3.05) is 12.9 Å². The van der Waals surface area contributed by atoms with Crippen molar-refractivity contribution in [1.82, 2.24) is 0 Å². The minimum absolute atomic E-state index is 0.0255. The second-order valence-electron chi connectivity index (χ2n) is 3.14. The third-order valence-electron chi connectivity index (χ3n) is 2.23. The summed E-state index contributed by atoms with van der Waals surface area (Å²) in [5.41, 5.74) is -1.42. The third-order valence-corrected chi connectivity index (χ3v) is 3.88. The second kappa shape index (κ2) is 2.43. The topological polar surface area (TPSA) is 91.7 Å². The van der Waals surface area contributed by atoms with Crippen molar-refractivity contribution in [3.63, 3.8) is 0 Å². The Bertz CT molecular complexity index is 306. The van der Waals surface area contributed by atoms with Gasteiger partial charge in [0.05, 0.1) is 11.9 Å². The fourth-order valence-corrected chi connectivity index (χ4v) is 2.89. The van der Waals surface area contributed by atoms with Gasteiger partial charge >= 0.3 is 5.97 Å². The molecule has 2 N–H and O–H groups in total. The van der Waals surface area contributed by atoms with Crippen LogP contribution < -0.4 is 0 Å². The second-order valence-corrected chi connectivity index (χ2v) is 5.37. The molecule has 6 heteroatoms. The third kappa shape index (κ3) is 1.21. The minimum Gasteiger partial charge on any atom is -0.481 e. The van der Waals surface area contributed by atoms with E-state index in [2.05, 4.69) is 0 Å². The van der Waals surface area contributed by atoms with Crippen LogP contribution in [0.15, 0.2) is 0 Å². The molecule has 1 saturated carbocycles. The van der Waals surface area contributed by atoms with Crippen molar-refractivity contribution in [2.24, 2.45) is 5.41 Å². The number of sulfone groups is 1. The first-order valence-electron chi connectivity index (χ1n) is 3.38. The number of hydrogen-bond acceptors (Lipinski definition) is 4. The van der Waals surface area contributed by atoms with Gasteiger partial charge in [-0.3, -0.25) is 4.79 Å². The summed E-state index contributed by atoms with van der Waals surface area (Å²) in [6, 6.07) is 0. The van der Waals surface area contributed by atoms with Crippen LogP contribution in [-0.2, 0) is 14.6 Å². The molecule has 0 aromatic rings. The largest absolute Gasteiger partial charge is 0.481 e. The van der Waals surface area contributed by atoms with E-state index in [4.69, 9.17) is 10.2 Å². The van der Waals surface area contributed by atoms with E-state index in [1.807, 2.05) is 0 Å². The SMILES string of the molecule is CS(=O)(=O)[C@@H]1C[C@]1(CO)C(=O)O. The molecular weight excluding hydrogens is 184 g/mol. The van der Waals surface area contributed by atoms with Gasteiger partial charge in [-0.1, -0.05) is 0 Å². The van der Waals surface area contributed by atoms with Crippen LogP contribution in [0, 0.1) is 5.41 Å². The molecule has 0 radical (unpaired) electrons. The van der Waals surface area contributed by atoms with Crippen LogP contribution in [0.2, 0.25) is 0 Å². The van der Waals surface area contributed by atoms with Crippen LogP contribution in [-0.4, -0.2) is 42.7 Å². The molecule has 0 saturated heterocycles. The predicted octanol–water partition coefficient (Wildman–Crippen LogP) is -1.13. The van der Waals surface area contributed by atoms with E-state index in [-0.39, 0.29) is 6.42 Å². The summed E-state index contributed by atoms with van der Waals surface area (Å²) in [4.78, 5) is 10.5. The monoisotopic (exact) mass is 194 g/mol. The Morgan fingerprint density at radius 2 is 2.17 bits per heavy atom. The van der Waals surface area contributed by atoms with Crippen molar-refractivity contribution < 1.29 is 23.4 Å². The Hall–Kier alpha value is -0.620. The highest BCUT2D eigenvalue weighted by Crippen LogP contribution is 2.50. The number of aliphatic hydroxyl groups is 1. The van der Waals surface area contributed by atoms with E-state index in [0.717, 1.165) is 6.26 Å². The summed E-state index contributed by atoms with van der Waals surface area (Å²) in [7, 11) is -3.34. The zero-order valence-electron chi connectivity index (χ0n) is 6.52. The van der Waals surface area contributed by atoms with Gasteiger partial charge in [-0.2, -0.15) is 0 Å². The maximum absolute atomic E-state index is 10.9. The van der Waals surface area contributed by atoms with Gasteiger partial charge in [-0.15, -0.1) is 0 Å². The predicted molar refractivity (Wildman–Crippen MR) is 40.4 cm³/mol. The van der Waals surface area contributed by atoms with E-state index in [0.29, 0.717) is 0 Å². The van der Waals surface area contributed by atoms with Gasteiger partial charge in [0.1, 0.15) is 5.41 Å². The molecule has 0 bridgehead atoms. The zero-order valence-corrected chi connectivity index (χ0v) is 7.34. The standard InChI is InChI=1S/C6H10O5S/c1-12(10,11)4-2-6(4,3-7)5(8)9/h4,7H,2-3H2,1H3,(H,8,9)/t4-,6-/m1/s1. The molecule has 5 nitrogen and oxygen atoms in total. The number of carbonyl (C=O) groups is 1. The molecule has 1 rings (SSSR count). The number of hydrogen-bond donors (Lipinski definition) is 2. The quantitative estimate of drug-likeness (QED) is 0.593. The van der Waals surface area contributed by atoms with Gasteiger partial charge in [0.15, 0.2) is 9.84 Å². The number of aliphatic hydroxyl groups excluding tert-OH is 1. The summed E-state index contributed by atoms with van der Waals surface area (Å²) in [5.74, 6) is -1.24. The molecule has 1 aliphatic carbocycles. The molecule has 0 aliphatic heterocycles. The first kappa shape index (κ1) is 9.47. The highest BCUT2D eigenvalue weighted by atomic mass is 32.2. The van der Waals surface area contributed by atoms with Crippen LogP contribution in [0.25, 0.3) is 0 Å². The molecule has 0 unspecified atom stereocenters. The zero-order chi connectivity index (χ0) is 9.57. The Kier molecular flexibility index (Phi) is 1.92. The first-order chi connectivity index (χ1) is 5.34. The lowest BCUT2D eigenvalue weighted by Crippen LogP contribution is -2.26. The van der Waals surface area contributed by atoms with Crippen molar-refractivity contribution in [3.05, 3.63) is 0 Å². The van der Waals surface area contributed by atoms with Crippen LogP contribution in [0.3, 0.4) is 0 Å². The summed E-state index contributed by atoms with van der Waals surface area (Å²) < 4.78 is 21.8. The van der Waals surface area contributed by atoms with Gasteiger partial charge in [0, 0.05) is 6.26 Å². The Labute approximate surface area is 69.9 Å². The minimum atomic E-state index is -3.34. The smallest absolute Gasteiger partial charge is 0.313 e. The number of carboxylic acids is 1. The van der Waals surface area contributed by atoms with E-state index in [1.54, 1.807) is 0 Å². The van der Waals surface area contributed by atoms with Crippen LogP contribution in [0.1, 0.15) is 6.42 Å². The fraction of sp³-hybridized carbons (Fsp3) is 0.833. The van der Waals surface area contributed by atoms with Gasteiger partial charge in [0.25, 0.3) is 0 Å². The number of carboxylic acid groups (broad SMARTS) is 1. The van der Waals surface area contributed by atoms with Gasteiger partial charge in [0.2, 0.25) is 0 Å². The molecule has 0 aromatic heterocycles. The maximum Gasteiger partial charge on any atom is 0.313 e. The average molecular weight is 194 g/mol. The molecule has 12 heavy (non-hydrogen) atoms. The Balaban J connectivity index is 2.89. The first-order valence-corrected chi connectivity index (χ1v) is 5.33.